The van der Waals surface area contributed by atoms with Gasteiger partial charge in [-0.25, -0.2) is 0 Å². The lowest BCUT2D eigenvalue weighted by Crippen LogP contribution is -2.29. The van der Waals surface area contributed by atoms with E-state index in [2.05, 4.69) is 84.7 Å². The van der Waals surface area contributed by atoms with Crippen LogP contribution in [0.25, 0.3) is 10.8 Å². The third-order valence-electron chi connectivity index (χ3n) is 6.02. The molecular weight excluding hydrogens is 392 g/mol. The molecule has 3 heteroatoms. The molecule has 0 amide bonds. The molecule has 0 heterocycles. The summed E-state index contributed by atoms with van der Waals surface area (Å²) >= 11 is 0. The van der Waals surface area contributed by atoms with Crippen LogP contribution >= 0.6 is 0 Å². The Balaban J connectivity index is 1.58. The Morgan fingerprint density at radius 2 is 1.44 bits per heavy atom. The van der Waals surface area contributed by atoms with E-state index in [1.807, 2.05) is 6.07 Å². The number of hydrogen-bond acceptors (Lipinski definition) is 3. The smallest absolute Gasteiger partial charge is 0.124 e. The van der Waals surface area contributed by atoms with Crippen LogP contribution in [0.2, 0.25) is 0 Å². The molecule has 172 valence electrons. The van der Waals surface area contributed by atoms with Gasteiger partial charge in [-0.15, -0.1) is 0 Å². The van der Waals surface area contributed by atoms with E-state index in [1.54, 1.807) is 0 Å². The molecule has 0 aliphatic carbocycles. The summed E-state index contributed by atoms with van der Waals surface area (Å²) in [5.74, 6) is 0.979. The van der Waals surface area contributed by atoms with Gasteiger partial charge in [0.2, 0.25) is 0 Å². The highest BCUT2D eigenvalue weighted by Gasteiger charge is 2.10. The zero-order chi connectivity index (χ0) is 22.4. The predicted octanol–water partition coefficient (Wildman–Crippen LogP) is 6.80. The molecule has 0 aliphatic heterocycles. The van der Waals surface area contributed by atoms with Crippen LogP contribution in [0, 0.1) is 0 Å². The predicted molar refractivity (Wildman–Crippen MR) is 137 cm³/mol. The summed E-state index contributed by atoms with van der Waals surface area (Å²) < 4.78 is 6.27. The molecule has 3 aromatic carbocycles. The molecule has 1 N–H and O–H groups in total. The van der Waals surface area contributed by atoms with E-state index in [4.69, 9.17) is 4.74 Å². The lowest BCUT2D eigenvalue weighted by Gasteiger charge is -2.22. The summed E-state index contributed by atoms with van der Waals surface area (Å²) in [7, 11) is 0. The monoisotopic (exact) mass is 432 g/mol. The lowest BCUT2D eigenvalue weighted by atomic mass is 10.0. The number of hydrogen-bond donors (Lipinski definition) is 1. The first-order chi connectivity index (χ1) is 15.8. The summed E-state index contributed by atoms with van der Waals surface area (Å²) in [5, 5.41) is 6.23. The van der Waals surface area contributed by atoms with E-state index in [1.165, 1.54) is 73.6 Å². The second-order valence-corrected chi connectivity index (χ2v) is 8.62. The molecule has 0 atom stereocenters. The average molecular weight is 433 g/mol. The van der Waals surface area contributed by atoms with Crippen molar-refractivity contribution in [1.82, 2.24) is 10.2 Å². The van der Waals surface area contributed by atoms with E-state index in [9.17, 15) is 0 Å². The van der Waals surface area contributed by atoms with Crippen molar-refractivity contribution in [3.63, 3.8) is 0 Å². The minimum absolute atomic E-state index is 0.593. The molecule has 0 fully saturated rings. The maximum atomic E-state index is 6.27. The Labute approximate surface area is 194 Å². The van der Waals surface area contributed by atoms with Gasteiger partial charge in [0.05, 0.1) is 0 Å². The number of nitrogens with zero attached hydrogens (tertiary/aromatic N) is 1. The standard InChI is InChI=1S/C29H40N2O/c1-3-5-20-31(21-6-4-2)22-12-19-30-23-28-27-16-11-10-15-26(27)17-18-29(28)32-24-25-13-8-7-9-14-25/h7-11,13-18,30H,3-6,12,19-24H2,1-2H3. The number of ether oxygens (including phenoxy) is 1. The van der Waals surface area contributed by atoms with Gasteiger partial charge < -0.3 is 15.0 Å². The van der Waals surface area contributed by atoms with Crippen molar-refractivity contribution < 1.29 is 4.74 Å². The topological polar surface area (TPSA) is 24.5 Å². The molecule has 0 unspecified atom stereocenters. The maximum Gasteiger partial charge on any atom is 0.124 e. The Morgan fingerprint density at radius 3 is 2.19 bits per heavy atom. The average Bonchev–Trinajstić information content (AvgIpc) is 2.84. The molecular formula is C29H40N2O. The number of fused-ring (bicyclic) bond motifs is 1. The summed E-state index contributed by atoms with van der Waals surface area (Å²) in [5.41, 5.74) is 2.45. The van der Waals surface area contributed by atoms with Crippen molar-refractivity contribution >= 4 is 10.8 Å². The largest absolute Gasteiger partial charge is 0.489 e. The molecule has 0 aliphatic rings. The van der Waals surface area contributed by atoms with Gasteiger partial charge in [0, 0.05) is 12.1 Å². The van der Waals surface area contributed by atoms with Gasteiger partial charge in [0.25, 0.3) is 0 Å². The second-order valence-electron chi connectivity index (χ2n) is 8.62. The van der Waals surface area contributed by atoms with Crippen molar-refractivity contribution in [2.75, 3.05) is 26.2 Å². The molecule has 3 nitrogen and oxygen atoms in total. The van der Waals surface area contributed by atoms with Gasteiger partial charge in [-0.2, -0.15) is 0 Å². The Hall–Kier alpha value is -2.36. The highest BCUT2D eigenvalue weighted by Crippen LogP contribution is 2.28. The zero-order valence-electron chi connectivity index (χ0n) is 20.0. The van der Waals surface area contributed by atoms with Crippen LogP contribution in [0.1, 0.15) is 57.1 Å². The lowest BCUT2D eigenvalue weighted by molar-refractivity contribution is 0.260. The second kappa shape index (κ2) is 13.9. The van der Waals surface area contributed by atoms with Crippen molar-refractivity contribution in [1.29, 1.82) is 0 Å². The van der Waals surface area contributed by atoms with Crippen molar-refractivity contribution in [3.8, 4) is 5.75 Å². The van der Waals surface area contributed by atoms with Gasteiger partial charge in [-0.05, 0) is 67.8 Å². The number of rotatable bonds is 15. The summed E-state index contributed by atoms with van der Waals surface area (Å²) in [6.45, 7) is 10.7. The van der Waals surface area contributed by atoms with Gasteiger partial charge >= 0.3 is 0 Å². The van der Waals surface area contributed by atoms with Gasteiger partial charge in [0.15, 0.2) is 0 Å². The first-order valence-corrected chi connectivity index (χ1v) is 12.4. The van der Waals surface area contributed by atoms with Crippen LogP contribution in [-0.2, 0) is 13.2 Å². The Kier molecular flexibility index (Phi) is 10.6. The molecule has 3 aromatic rings. The number of benzene rings is 3. The Bertz CT molecular complexity index is 901. The van der Waals surface area contributed by atoms with E-state index in [0.29, 0.717) is 6.61 Å². The zero-order valence-corrected chi connectivity index (χ0v) is 20.0. The summed E-state index contributed by atoms with van der Waals surface area (Å²) in [4.78, 5) is 2.64. The SMILES string of the molecule is CCCCN(CCCC)CCCNCc1c(OCc2ccccc2)ccc2ccccc12. The molecule has 0 saturated carbocycles. The third kappa shape index (κ3) is 7.65. The first-order valence-electron chi connectivity index (χ1n) is 12.4. The Morgan fingerprint density at radius 1 is 0.750 bits per heavy atom. The molecule has 0 saturated heterocycles. The van der Waals surface area contributed by atoms with Gasteiger partial charge in [-0.1, -0.05) is 87.4 Å². The van der Waals surface area contributed by atoms with Crippen LogP contribution < -0.4 is 10.1 Å². The number of unbranched alkanes of at least 4 members (excludes halogenated alkanes) is 2. The van der Waals surface area contributed by atoms with Crippen molar-refractivity contribution in [2.45, 2.75) is 59.1 Å². The molecule has 0 spiro atoms. The molecule has 0 bridgehead atoms. The maximum absolute atomic E-state index is 6.27. The quantitative estimate of drug-likeness (QED) is 0.267. The van der Waals surface area contributed by atoms with Crippen molar-refractivity contribution in [3.05, 3.63) is 77.9 Å². The third-order valence-corrected chi connectivity index (χ3v) is 6.02. The fraction of sp³-hybridized carbons (Fsp3) is 0.448. The highest BCUT2D eigenvalue weighted by molar-refractivity contribution is 5.87. The minimum Gasteiger partial charge on any atom is -0.489 e. The summed E-state index contributed by atoms with van der Waals surface area (Å²) in [6.07, 6.45) is 6.32. The van der Waals surface area contributed by atoms with Crippen LogP contribution in [0.3, 0.4) is 0 Å². The molecule has 32 heavy (non-hydrogen) atoms. The normalized spacial score (nSPS) is 11.3. The van der Waals surface area contributed by atoms with Crippen LogP contribution in [-0.4, -0.2) is 31.1 Å². The molecule has 3 rings (SSSR count). The van der Waals surface area contributed by atoms with Crippen LogP contribution in [0.5, 0.6) is 5.75 Å². The number of nitrogens with one attached hydrogen (secondary N) is 1. The van der Waals surface area contributed by atoms with Gasteiger partial charge in [0.1, 0.15) is 12.4 Å². The van der Waals surface area contributed by atoms with E-state index < -0.39 is 0 Å². The van der Waals surface area contributed by atoms with Crippen LogP contribution in [0.15, 0.2) is 66.7 Å². The van der Waals surface area contributed by atoms with Crippen LogP contribution in [0.4, 0.5) is 0 Å². The van der Waals surface area contributed by atoms with E-state index in [0.717, 1.165) is 18.8 Å². The highest BCUT2D eigenvalue weighted by atomic mass is 16.5. The fourth-order valence-electron chi connectivity index (χ4n) is 4.11. The first kappa shape index (κ1) is 24.3. The molecule has 0 radical (unpaired) electrons. The van der Waals surface area contributed by atoms with E-state index in [-0.39, 0.29) is 0 Å². The minimum atomic E-state index is 0.593. The van der Waals surface area contributed by atoms with Gasteiger partial charge in [-0.3, -0.25) is 0 Å². The van der Waals surface area contributed by atoms with Crippen molar-refractivity contribution in [2.24, 2.45) is 0 Å². The fourth-order valence-corrected chi connectivity index (χ4v) is 4.11. The summed E-state index contributed by atoms with van der Waals surface area (Å²) in [6, 6.07) is 23.3. The van der Waals surface area contributed by atoms with E-state index >= 15 is 0 Å². The molecule has 0 aromatic heterocycles.